The van der Waals surface area contributed by atoms with E-state index in [0.717, 1.165) is 12.0 Å². The highest BCUT2D eigenvalue weighted by Crippen LogP contribution is 2.20. The first kappa shape index (κ1) is 18.9. The lowest BCUT2D eigenvalue weighted by Gasteiger charge is -2.30. The van der Waals surface area contributed by atoms with Gasteiger partial charge in [0.15, 0.2) is 5.76 Å². The number of pyridine rings is 1. The van der Waals surface area contributed by atoms with Gasteiger partial charge in [-0.3, -0.25) is 9.59 Å². The Balaban J connectivity index is 1.48. The SMILES string of the molecule is CCCOc1ncccc1CNC(=O)C1CCN(C(=O)c2ccco2)CC1. The number of aromatic nitrogens is 1. The van der Waals surface area contributed by atoms with E-state index >= 15 is 0 Å². The first-order valence-corrected chi connectivity index (χ1v) is 9.36. The molecule has 3 rings (SSSR count). The van der Waals surface area contributed by atoms with Crippen molar-refractivity contribution in [2.75, 3.05) is 19.7 Å². The maximum atomic E-state index is 12.5. The molecule has 7 heteroatoms. The van der Waals surface area contributed by atoms with Crippen molar-refractivity contribution in [3.63, 3.8) is 0 Å². The fraction of sp³-hybridized carbons (Fsp3) is 0.450. The topological polar surface area (TPSA) is 84.7 Å². The standard InChI is InChI=1S/C20H25N3O4/c1-2-12-27-19-16(5-3-9-21-19)14-22-18(24)15-7-10-23(11-8-15)20(25)17-6-4-13-26-17/h3-6,9,13,15H,2,7-8,10-12,14H2,1H3,(H,22,24). The van der Waals surface area contributed by atoms with Crippen LogP contribution in [0.4, 0.5) is 0 Å². The van der Waals surface area contributed by atoms with E-state index in [0.29, 0.717) is 50.7 Å². The molecule has 2 aromatic rings. The van der Waals surface area contributed by atoms with Crippen LogP contribution in [0, 0.1) is 5.92 Å². The molecule has 27 heavy (non-hydrogen) atoms. The Morgan fingerprint density at radius 2 is 2.11 bits per heavy atom. The van der Waals surface area contributed by atoms with Gasteiger partial charge in [0.2, 0.25) is 11.8 Å². The van der Waals surface area contributed by atoms with Gasteiger partial charge in [-0.2, -0.15) is 0 Å². The van der Waals surface area contributed by atoms with E-state index in [1.54, 1.807) is 23.2 Å². The summed E-state index contributed by atoms with van der Waals surface area (Å²) in [4.78, 5) is 30.8. The van der Waals surface area contributed by atoms with Crippen molar-refractivity contribution < 1.29 is 18.7 Å². The zero-order valence-corrected chi connectivity index (χ0v) is 15.5. The highest BCUT2D eigenvalue weighted by molar-refractivity contribution is 5.91. The molecule has 0 aromatic carbocycles. The van der Waals surface area contributed by atoms with Crippen molar-refractivity contribution in [1.29, 1.82) is 0 Å². The molecule has 0 spiro atoms. The molecule has 1 aliphatic rings. The number of rotatable bonds is 7. The van der Waals surface area contributed by atoms with Crippen LogP contribution in [0.2, 0.25) is 0 Å². The van der Waals surface area contributed by atoms with Gasteiger partial charge in [-0.25, -0.2) is 4.98 Å². The molecular formula is C20H25N3O4. The van der Waals surface area contributed by atoms with Crippen molar-refractivity contribution in [2.45, 2.75) is 32.7 Å². The summed E-state index contributed by atoms with van der Waals surface area (Å²) in [6, 6.07) is 7.10. The molecule has 1 fully saturated rings. The molecule has 2 aromatic heterocycles. The summed E-state index contributed by atoms with van der Waals surface area (Å²) in [6.07, 6.45) is 5.36. The van der Waals surface area contributed by atoms with Gasteiger partial charge in [-0.1, -0.05) is 13.0 Å². The molecule has 144 valence electrons. The largest absolute Gasteiger partial charge is 0.477 e. The predicted molar refractivity (Wildman–Crippen MR) is 99.2 cm³/mol. The minimum absolute atomic E-state index is 0.00499. The van der Waals surface area contributed by atoms with Crippen molar-refractivity contribution in [3.8, 4) is 5.88 Å². The van der Waals surface area contributed by atoms with E-state index in [9.17, 15) is 9.59 Å². The normalized spacial score (nSPS) is 14.8. The number of nitrogens with zero attached hydrogens (tertiary/aromatic N) is 2. The Hall–Kier alpha value is -2.83. The summed E-state index contributed by atoms with van der Waals surface area (Å²) >= 11 is 0. The van der Waals surface area contributed by atoms with Crippen molar-refractivity contribution in [3.05, 3.63) is 48.0 Å². The maximum absolute atomic E-state index is 12.5. The van der Waals surface area contributed by atoms with E-state index in [2.05, 4.69) is 10.3 Å². The zero-order valence-electron chi connectivity index (χ0n) is 15.5. The Morgan fingerprint density at radius 3 is 2.81 bits per heavy atom. The van der Waals surface area contributed by atoms with Crippen LogP contribution >= 0.6 is 0 Å². The number of hydrogen-bond donors (Lipinski definition) is 1. The van der Waals surface area contributed by atoms with Crippen molar-refractivity contribution in [1.82, 2.24) is 15.2 Å². The van der Waals surface area contributed by atoms with Crippen LogP contribution in [-0.4, -0.2) is 41.4 Å². The van der Waals surface area contributed by atoms with Crippen LogP contribution < -0.4 is 10.1 Å². The maximum Gasteiger partial charge on any atom is 0.289 e. The zero-order chi connectivity index (χ0) is 19.1. The lowest BCUT2D eigenvalue weighted by Crippen LogP contribution is -2.42. The van der Waals surface area contributed by atoms with Crippen molar-refractivity contribution in [2.24, 2.45) is 5.92 Å². The predicted octanol–water partition coefficient (Wildman–Crippen LogP) is 2.63. The number of amides is 2. The smallest absolute Gasteiger partial charge is 0.289 e. The second-order valence-electron chi connectivity index (χ2n) is 6.58. The molecule has 7 nitrogen and oxygen atoms in total. The third-order valence-electron chi connectivity index (χ3n) is 4.63. The second-order valence-corrected chi connectivity index (χ2v) is 6.58. The molecule has 0 saturated carbocycles. The molecule has 1 aliphatic heterocycles. The molecular weight excluding hydrogens is 346 g/mol. The van der Waals surface area contributed by atoms with Crippen LogP contribution in [-0.2, 0) is 11.3 Å². The third-order valence-corrected chi connectivity index (χ3v) is 4.63. The minimum atomic E-state index is -0.119. The summed E-state index contributed by atoms with van der Waals surface area (Å²) in [7, 11) is 0. The fourth-order valence-electron chi connectivity index (χ4n) is 3.11. The average molecular weight is 371 g/mol. The summed E-state index contributed by atoms with van der Waals surface area (Å²) in [5, 5.41) is 2.98. The van der Waals surface area contributed by atoms with Gasteiger partial charge >= 0.3 is 0 Å². The Kier molecular flexibility index (Phi) is 6.46. The molecule has 0 aliphatic carbocycles. The highest BCUT2D eigenvalue weighted by Gasteiger charge is 2.28. The minimum Gasteiger partial charge on any atom is -0.477 e. The van der Waals surface area contributed by atoms with E-state index in [1.165, 1.54) is 6.26 Å². The molecule has 0 radical (unpaired) electrons. The number of carbonyl (C=O) groups is 2. The second kappa shape index (κ2) is 9.21. The molecule has 3 heterocycles. The number of carbonyl (C=O) groups excluding carboxylic acids is 2. The van der Waals surface area contributed by atoms with E-state index in [1.807, 2.05) is 19.1 Å². The van der Waals surface area contributed by atoms with Gasteiger partial charge in [0.25, 0.3) is 5.91 Å². The molecule has 0 bridgehead atoms. The van der Waals surface area contributed by atoms with Gasteiger partial charge in [-0.15, -0.1) is 0 Å². The summed E-state index contributed by atoms with van der Waals surface area (Å²) in [5.74, 6) is 0.701. The summed E-state index contributed by atoms with van der Waals surface area (Å²) in [5.41, 5.74) is 0.865. The Bertz CT molecular complexity index is 752. The first-order chi connectivity index (χ1) is 13.2. The number of ether oxygens (including phenoxy) is 1. The fourth-order valence-corrected chi connectivity index (χ4v) is 3.11. The van der Waals surface area contributed by atoms with Gasteiger partial charge in [0.1, 0.15) is 0 Å². The molecule has 2 amide bonds. The number of nitrogens with one attached hydrogen (secondary N) is 1. The van der Waals surface area contributed by atoms with E-state index < -0.39 is 0 Å². The van der Waals surface area contributed by atoms with Gasteiger partial charge in [-0.05, 0) is 37.5 Å². The highest BCUT2D eigenvalue weighted by atomic mass is 16.5. The van der Waals surface area contributed by atoms with E-state index in [-0.39, 0.29) is 17.7 Å². The van der Waals surface area contributed by atoms with Crippen LogP contribution in [0.3, 0.4) is 0 Å². The first-order valence-electron chi connectivity index (χ1n) is 9.36. The number of furan rings is 1. The number of likely N-dealkylation sites (tertiary alicyclic amines) is 1. The van der Waals surface area contributed by atoms with Crippen LogP contribution in [0.15, 0.2) is 41.1 Å². The summed E-state index contributed by atoms with van der Waals surface area (Å²) < 4.78 is 10.8. The molecule has 0 unspecified atom stereocenters. The van der Waals surface area contributed by atoms with Gasteiger partial charge in [0, 0.05) is 37.3 Å². The third kappa shape index (κ3) is 4.87. The van der Waals surface area contributed by atoms with Crippen LogP contribution in [0.5, 0.6) is 5.88 Å². The van der Waals surface area contributed by atoms with Gasteiger partial charge < -0.3 is 19.4 Å². The number of piperidine rings is 1. The molecule has 1 N–H and O–H groups in total. The van der Waals surface area contributed by atoms with Crippen molar-refractivity contribution >= 4 is 11.8 Å². The monoisotopic (exact) mass is 371 g/mol. The van der Waals surface area contributed by atoms with Gasteiger partial charge in [0.05, 0.1) is 12.9 Å². The number of hydrogen-bond acceptors (Lipinski definition) is 5. The lowest BCUT2D eigenvalue weighted by molar-refractivity contribution is -0.126. The lowest BCUT2D eigenvalue weighted by atomic mass is 9.95. The van der Waals surface area contributed by atoms with Crippen LogP contribution in [0.1, 0.15) is 42.3 Å². The molecule has 0 atom stereocenters. The average Bonchev–Trinajstić information content (AvgIpc) is 3.25. The molecule has 1 saturated heterocycles. The Labute approximate surface area is 158 Å². The quantitative estimate of drug-likeness (QED) is 0.809. The Morgan fingerprint density at radius 1 is 1.30 bits per heavy atom. The summed E-state index contributed by atoms with van der Waals surface area (Å²) in [6.45, 7) is 4.12. The van der Waals surface area contributed by atoms with E-state index in [4.69, 9.17) is 9.15 Å². The van der Waals surface area contributed by atoms with Crippen LogP contribution in [0.25, 0.3) is 0 Å².